The van der Waals surface area contributed by atoms with Gasteiger partial charge in [-0.3, -0.25) is 0 Å². The quantitative estimate of drug-likeness (QED) is 0.810. The number of primary sulfonamides is 1. The van der Waals surface area contributed by atoms with Crippen molar-refractivity contribution in [2.24, 2.45) is 5.14 Å². The summed E-state index contributed by atoms with van der Waals surface area (Å²) in [5.41, 5.74) is 8.58. The summed E-state index contributed by atoms with van der Waals surface area (Å²) in [6.45, 7) is 1.90. The van der Waals surface area contributed by atoms with Crippen LogP contribution in [-0.4, -0.2) is 8.42 Å². The molecule has 0 heterocycles. The van der Waals surface area contributed by atoms with Crippen LogP contribution in [0.4, 0.5) is 5.69 Å². The van der Waals surface area contributed by atoms with E-state index in [0.717, 1.165) is 11.1 Å². The van der Waals surface area contributed by atoms with Gasteiger partial charge in [0.05, 0.1) is 4.90 Å². The molecule has 0 spiro atoms. The summed E-state index contributed by atoms with van der Waals surface area (Å²) in [6, 6.07) is 12.1. The Morgan fingerprint density at radius 1 is 1.00 bits per heavy atom. The first kappa shape index (κ1) is 12.6. The molecule has 2 aromatic rings. The molecule has 0 aliphatic carbocycles. The molecule has 0 aliphatic heterocycles. The number of aryl methyl sites for hydroxylation is 1. The lowest BCUT2D eigenvalue weighted by Crippen LogP contribution is -2.13. The first-order valence-corrected chi connectivity index (χ1v) is 6.92. The van der Waals surface area contributed by atoms with Crippen LogP contribution >= 0.6 is 0 Å². The molecular weight excluding hydrogens is 248 g/mol. The molecule has 0 unspecified atom stereocenters. The Bertz CT molecular complexity index is 677. The monoisotopic (exact) mass is 262 g/mol. The number of anilines is 1. The van der Waals surface area contributed by atoms with E-state index in [4.69, 9.17) is 10.9 Å². The highest BCUT2D eigenvalue weighted by molar-refractivity contribution is 7.89. The third-order valence-corrected chi connectivity index (χ3v) is 3.63. The van der Waals surface area contributed by atoms with Crippen molar-refractivity contribution in [3.05, 3.63) is 48.0 Å². The molecule has 0 radical (unpaired) electrons. The van der Waals surface area contributed by atoms with E-state index in [1.807, 2.05) is 6.92 Å². The number of rotatable bonds is 2. The van der Waals surface area contributed by atoms with Gasteiger partial charge >= 0.3 is 0 Å². The SMILES string of the molecule is Cc1ccc(S(N)(=O)=O)c(-c2ccc(N)cc2)c1. The van der Waals surface area contributed by atoms with Gasteiger partial charge in [-0.2, -0.15) is 0 Å². The minimum Gasteiger partial charge on any atom is -0.399 e. The van der Waals surface area contributed by atoms with Gasteiger partial charge in [-0.25, -0.2) is 13.6 Å². The first-order chi connectivity index (χ1) is 8.38. The van der Waals surface area contributed by atoms with E-state index in [0.29, 0.717) is 11.3 Å². The number of nitrogens with two attached hydrogens (primary N) is 2. The minimum absolute atomic E-state index is 0.123. The lowest BCUT2D eigenvalue weighted by atomic mass is 10.0. The molecule has 94 valence electrons. The van der Waals surface area contributed by atoms with Gasteiger partial charge in [0.2, 0.25) is 10.0 Å². The number of hydrogen-bond donors (Lipinski definition) is 2. The van der Waals surface area contributed by atoms with Crippen LogP contribution in [0.1, 0.15) is 5.56 Å². The lowest BCUT2D eigenvalue weighted by molar-refractivity contribution is 0.598. The van der Waals surface area contributed by atoms with Gasteiger partial charge in [0.15, 0.2) is 0 Å². The van der Waals surface area contributed by atoms with E-state index >= 15 is 0 Å². The minimum atomic E-state index is -3.74. The Morgan fingerprint density at radius 3 is 2.17 bits per heavy atom. The summed E-state index contributed by atoms with van der Waals surface area (Å²) in [6.07, 6.45) is 0. The second kappa shape index (κ2) is 4.44. The molecule has 0 aliphatic rings. The normalized spacial score (nSPS) is 11.4. The lowest BCUT2D eigenvalue weighted by Gasteiger charge is -2.09. The average molecular weight is 262 g/mol. The summed E-state index contributed by atoms with van der Waals surface area (Å²) >= 11 is 0. The van der Waals surface area contributed by atoms with Gasteiger partial charge in [0.1, 0.15) is 0 Å². The Kier molecular flexibility index (Phi) is 3.11. The zero-order valence-electron chi connectivity index (χ0n) is 9.92. The summed E-state index contributed by atoms with van der Waals surface area (Å²) in [5, 5.41) is 5.22. The maximum absolute atomic E-state index is 11.6. The highest BCUT2D eigenvalue weighted by Gasteiger charge is 2.15. The van der Waals surface area contributed by atoms with Crippen LogP contribution in [-0.2, 0) is 10.0 Å². The van der Waals surface area contributed by atoms with E-state index in [9.17, 15) is 8.42 Å². The third kappa shape index (κ3) is 2.52. The number of hydrogen-bond acceptors (Lipinski definition) is 3. The molecule has 0 bridgehead atoms. The van der Waals surface area contributed by atoms with Gasteiger partial charge < -0.3 is 5.73 Å². The second-order valence-corrected chi connectivity index (χ2v) is 5.70. The zero-order valence-corrected chi connectivity index (χ0v) is 10.7. The van der Waals surface area contributed by atoms with E-state index in [-0.39, 0.29) is 4.90 Å². The maximum Gasteiger partial charge on any atom is 0.238 e. The molecule has 2 aromatic carbocycles. The van der Waals surface area contributed by atoms with Crippen LogP contribution in [0.15, 0.2) is 47.4 Å². The van der Waals surface area contributed by atoms with Crippen molar-refractivity contribution in [2.45, 2.75) is 11.8 Å². The molecule has 0 amide bonds. The van der Waals surface area contributed by atoms with Gasteiger partial charge in [-0.15, -0.1) is 0 Å². The fraction of sp³-hybridized carbons (Fsp3) is 0.0769. The molecule has 0 atom stereocenters. The molecule has 0 saturated heterocycles. The molecule has 18 heavy (non-hydrogen) atoms. The van der Waals surface area contributed by atoms with Crippen molar-refractivity contribution >= 4 is 15.7 Å². The zero-order chi connectivity index (χ0) is 13.3. The fourth-order valence-electron chi connectivity index (χ4n) is 1.78. The summed E-state index contributed by atoms with van der Waals surface area (Å²) < 4.78 is 23.1. The molecule has 4 N–H and O–H groups in total. The molecule has 0 aromatic heterocycles. The Hall–Kier alpha value is -1.85. The number of nitrogen functional groups attached to an aromatic ring is 1. The van der Waals surface area contributed by atoms with E-state index < -0.39 is 10.0 Å². The van der Waals surface area contributed by atoms with E-state index in [2.05, 4.69) is 0 Å². The molecular formula is C13H14N2O2S. The Balaban J connectivity index is 2.69. The van der Waals surface area contributed by atoms with Gasteiger partial charge in [0.25, 0.3) is 0 Å². The van der Waals surface area contributed by atoms with Crippen LogP contribution < -0.4 is 10.9 Å². The third-order valence-electron chi connectivity index (χ3n) is 2.66. The molecule has 2 rings (SSSR count). The van der Waals surface area contributed by atoms with Crippen LogP contribution in [0.25, 0.3) is 11.1 Å². The summed E-state index contributed by atoms with van der Waals surface area (Å²) in [7, 11) is -3.74. The molecule has 5 heteroatoms. The Morgan fingerprint density at radius 2 is 1.61 bits per heavy atom. The summed E-state index contributed by atoms with van der Waals surface area (Å²) in [4.78, 5) is 0.123. The van der Waals surface area contributed by atoms with Gasteiger partial charge in [-0.05, 0) is 30.7 Å². The van der Waals surface area contributed by atoms with Crippen LogP contribution in [0.5, 0.6) is 0 Å². The first-order valence-electron chi connectivity index (χ1n) is 5.37. The summed E-state index contributed by atoms with van der Waals surface area (Å²) in [5.74, 6) is 0. The standard InChI is InChI=1S/C13H14N2O2S/c1-9-2-7-13(18(15,16)17)12(8-9)10-3-5-11(14)6-4-10/h2-8H,14H2,1H3,(H2,15,16,17). The van der Waals surface area contributed by atoms with Gasteiger partial charge in [0, 0.05) is 11.3 Å². The van der Waals surface area contributed by atoms with Gasteiger partial charge in [-0.1, -0.05) is 29.8 Å². The molecule has 0 saturated carbocycles. The fourth-order valence-corrected chi connectivity index (χ4v) is 2.52. The smallest absolute Gasteiger partial charge is 0.238 e. The van der Waals surface area contributed by atoms with Crippen molar-refractivity contribution in [1.82, 2.24) is 0 Å². The van der Waals surface area contributed by atoms with Crippen molar-refractivity contribution in [3.63, 3.8) is 0 Å². The number of sulfonamides is 1. The predicted molar refractivity (Wildman–Crippen MR) is 72.4 cm³/mol. The van der Waals surface area contributed by atoms with E-state index in [1.165, 1.54) is 6.07 Å². The highest BCUT2D eigenvalue weighted by atomic mass is 32.2. The van der Waals surface area contributed by atoms with Crippen molar-refractivity contribution in [3.8, 4) is 11.1 Å². The van der Waals surface area contributed by atoms with E-state index in [1.54, 1.807) is 36.4 Å². The van der Waals surface area contributed by atoms with Crippen LogP contribution in [0.3, 0.4) is 0 Å². The van der Waals surface area contributed by atoms with Crippen molar-refractivity contribution in [1.29, 1.82) is 0 Å². The topological polar surface area (TPSA) is 86.2 Å². The van der Waals surface area contributed by atoms with Crippen molar-refractivity contribution < 1.29 is 8.42 Å². The van der Waals surface area contributed by atoms with Crippen LogP contribution in [0.2, 0.25) is 0 Å². The average Bonchev–Trinajstić information content (AvgIpc) is 2.28. The van der Waals surface area contributed by atoms with Crippen molar-refractivity contribution in [2.75, 3.05) is 5.73 Å². The maximum atomic E-state index is 11.6. The largest absolute Gasteiger partial charge is 0.399 e. The highest BCUT2D eigenvalue weighted by Crippen LogP contribution is 2.28. The predicted octanol–water partition coefficient (Wildman–Crippen LogP) is 1.89. The second-order valence-electron chi connectivity index (χ2n) is 4.17. The number of benzene rings is 2. The molecule has 4 nitrogen and oxygen atoms in total. The van der Waals surface area contributed by atoms with Crippen LogP contribution in [0, 0.1) is 6.92 Å². The Labute approximate surface area is 106 Å². The molecule has 0 fully saturated rings.